The summed E-state index contributed by atoms with van der Waals surface area (Å²) in [5, 5.41) is 11.7. The number of Topliss-reactive ketones (excluding diaryl/α,β-unsaturated/α-hetero) is 1. The van der Waals surface area contributed by atoms with Gasteiger partial charge in [0.1, 0.15) is 6.04 Å². The zero-order chi connectivity index (χ0) is 17.1. The van der Waals surface area contributed by atoms with Gasteiger partial charge in [0.2, 0.25) is 5.91 Å². The van der Waals surface area contributed by atoms with Crippen LogP contribution in [0.2, 0.25) is 0 Å². The van der Waals surface area contributed by atoms with Crippen LogP contribution in [0.4, 0.5) is 0 Å². The van der Waals surface area contributed by atoms with Gasteiger partial charge in [-0.1, -0.05) is 25.0 Å². The number of aryl methyl sites for hydroxylation is 2. The zero-order valence-corrected chi connectivity index (χ0v) is 13.7. The molecule has 1 amide bonds. The van der Waals surface area contributed by atoms with E-state index in [4.69, 9.17) is 5.11 Å². The maximum absolute atomic E-state index is 12.3. The van der Waals surface area contributed by atoms with Crippen LogP contribution in [-0.2, 0) is 22.4 Å². The fourth-order valence-electron chi connectivity index (χ4n) is 3.29. The molecule has 1 atom stereocenters. The highest BCUT2D eigenvalue weighted by atomic mass is 16.4. The molecule has 0 saturated heterocycles. The number of benzene rings is 1. The minimum absolute atomic E-state index is 0.0321. The van der Waals surface area contributed by atoms with E-state index in [-0.39, 0.29) is 24.5 Å². The average Bonchev–Trinajstić information content (AvgIpc) is 3.25. The van der Waals surface area contributed by atoms with Crippen LogP contribution in [0.5, 0.6) is 0 Å². The fraction of sp³-hybridized carbons (Fsp3) is 0.526. The average molecular weight is 329 g/mol. The van der Waals surface area contributed by atoms with E-state index in [0.29, 0.717) is 17.9 Å². The van der Waals surface area contributed by atoms with Crippen molar-refractivity contribution in [3.63, 3.8) is 0 Å². The van der Waals surface area contributed by atoms with E-state index in [9.17, 15) is 14.4 Å². The Balaban J connectivity index is 1.49. The SMILES string of the molecule is O=C(CCC(=O)c1ccc2c(c1)CCC2)NC(CC1CC1)C(=O)O. The van der Waals surface area contributed by atoms with Crippen molar-refractivity contribution in [1.82, 2.24) is 5.32 Å². The summed E-state index contributed by atoms with van der Waals surface area (Å²) >= 11 is 0. The summed E-state index contributed by atoms with van der Waals surface area (Å²) in [4.78, 5) is 35.4. The van der Waals surface area contributed by atoms with Crippen molar-refractivity contribution in [2.45, 2.75) is 57.4 Å². The summed E-state index contributed by atoms with van der Waals surface area (Å²) in [7, 11) is 0. The second-order valence-corrected chi connectivity index (χ2v) is 6.90. The Kier molecular flexibility index (Phi) is 4.97. The molecular weight excluding hydrogens is 306 g/mol. The first-order chi connectivity index (χ1) is 11.5. The van der Waals surface area contributed by atoms with Crippen LogP contribution in [0, 0.1) is 5.92 Å². The second kappa shape index (κ2) is 7.16. The van der Waals surface area contributed by atoms with Gasteiger partial charge >= 0.3 is 5.97 Å². The lowest BCUT2D eigenvalue weighted by molar-refractivity contribution is -0.142. The van der Waals surface area contributed by atoms with Gasteiger partial charge in [0, 0.05) is 18.4 Å². The molecule has 0 radical (unpaired) electrons. The van der Waals surface area contributed by atoms with Crippen molar-refractivity contribution in [2.75, 3.05) is 0 Å². The summed E-state index contributed by atoms with van der Waals surface area (Å²) < 4.78 is 0. The highest BCUT2D eigenvalue weighted by Gasteiger charge is 2.30. The van der Waals surface area contributed by atoms with E-state index in [1.165, 1.54) is 11.1 Å². The number of carboxylic acid groups (broad SMARTS) is 1. The molecule has 1 aromatic carbocycles. The number of nitrogens with one attached hydrogen (secondary N) is 1. The van der Waals surface area contributed by atoms with Crippen LogP contribution in [0.25, 0.3) is 0 Å². The first kappa shape index (κ1) is 16.7. The third-order valence-corrected chi connectivity index (χ3v) is 4.90. The van der Waals surface area contributed by atoms with Gasteiger partial charge < -0.3 is 10.4 Å². The van der Waals surface area contributed by atoms with Gasteiger partial charge in [0.15, 0.2) is 5.78 Å². The topological polar surface area (TPSA) is 83.5 Å². The predicted octanol–water partition coefficient (Wildman–Crippen LogP) is 2.51. The standard InChI is InChI=1S/C19H23NO4/c21-17(15-7-6-13-2-1-3-14(13)11-15)8-9-18(22)20-16(19(23)24)10-12-4-5-12/h6-7,11-12,16H,1-5,8-10H2,(H,20,22)(H,23,24). The summed E-state index contributed by atoms with van der Waals surface area (Å²) in [6.45, 7) is 0. The number of ketones is 1. The molecule has 0 aromatic heterocycles. The Labute approximate surface area is 141 Å². The van der Waals surface area contributed by atoms with Crippen molar-refractivity contribution < 1.29 is 19.5 Å². The van der Waals surface area contributed by atoms with E-state index in [2.05, 4.69) is 5.32 Å². The fourth-order valence-corrected chi connectivity index (χ4v) is 3.29. The normalized spacial score (nSPS) is 17.2. The highest BCUT2D eigenvalue weighted by molar-refractivity contribution is 5.98. The first-order valence-electron chi connectivity index (χ1n) is 8.70. The van der Waals surface area contributed by atoms with E-state index in [1.807, 2.05) is 18.2 Å². The number of carbonyl (C=O) groups excluding carboxylic acids is 2. The molecule has 128 valence electrons. The van der Waals surface area contributed by atoms with Crippen LogP contribution in [-0.4, -0.2) is 28.8 Å². The second-order valence-electron chi connectivity index (χ2n) is 6.90. The van der Waals surface area contributed by atoms with Crippen molar-refractivity contribution in [3.05, 3.63) is 34.9 Å². The summed E-state index contributed by atoms with van der Waals surface area (Å²) in [5.41, 5.74) is 3.20. The number of hydrogen-bond donors (Lipinski definition) is 2. The van der Waals surface area contributed by atoms with Crippen LogP contribution >= 0.6 is 0 Å². The largest absolute Gasteiger partial charge is 0.480 e. The number of carbonyl (C=O) groups is 3. The van der Waals surface area contributed by atoms with Gasteiger partial charge in [-0.2, -0.15) is 0 Å². The number of rotatable bonds is 8. The Bertz CT molecular complexity index is 663. The van der Waals surface area contributed by atoms with Crippen molar-refractivity contribution in [3.8, 4) is 0 Å². The molecule has 0 spiro atoms. The van der Waals surface area contributed by atoms with Gasteiger partial charge in [-0.05, 0) is 48.8 Å². The van der Waals surface area contributed by atoms with Gasteiger partial charge in [0.25, 0.3) is 0 Å². The van der Waals surface area contributed by atoms with Crippen LogP contribution in [0.3, 0.4) is 0 Å². The number of amides is 1. The van der Waals surface area contributed by atoms with Gasteiger partial charge in [-0.3, -0.25) is 9.59 Å². The molecule has 1 aromatic rings. The molecule has 1 fully saturated rings. The monoisotopic (exact) mass is 329 g/mol. The summed E-state index contributed by atoms with van der Waals surface area (Å²) in [5.74, 6) is -1.01. The van der Waals surface area contributed by atoms with Gasteiger partial charge in [-0.15, -0.1) is 0 Å². The lowest BCUT2D eigenvalue weighted by Crippen LogP contribution is -2.41. The maximum atomic E-state index is 12.3. The lowest BCUT2D eigenvalue weighted by atomic mass is 10.0. The van der Waals surface area contributed by atoms with Crippen LogP contribution in [0.1, 0.15) is 60.0 Å². The molecule has 5 heteroatoms. The summed E-state index contributed by atoms with van der Waals surface area (Å²) in [6.07, 6.45) is 5.92. The molecule has 0 heterocycles. The van der Waals surface area contributed by atoms with Crippen LogP contribution in [0.15, 0.2) is 18.2 Å². The zero-order valence-electron chi connectivity index (χ0n) is 13.7. The Hall–Kier alpha value is -2.17. The van der Waals surface area contributed by atoms with E-state index < -0.39 is 12.0 Å². The van der Waals surface area contributed by atoms with E-state index in [1.54, 1.807) is 0 Å². The Morgan fingerprint density at radius 3 is 2.58 bits per heavy atom. The van der Waals surface area contributed by atoms with Crippen molar-refractivity contribution >= 4 is 17.7 Å². The van der Waals surface area contributed by atoms with E-state index in [0.717, 1.165) is 32.1 Å². The van der Waals surface area contributed by atoms with Crippen molar-refractivity contribution in [1.29, 1.82) is 0 Å². The number of carboxylic acids is 1. The molecule has 1 saturated carbocycles. The number of fused-ring (bicyclic) bond motifs is 1. The quantitative estimate of drug-likeness (QED) is 0.718. The Morgan fingerprint density at radius 2 is 1.88 bits per heavy atom. The Morgan fingerprint density at radius 1 is 1.12 bits per heavy atom. The molecule has 0 bridgehead atoms. The minimum atomic E-state index is -1.000. The molecule has 2 aliphatic rings. The molecule has 2 N–H and O–H groups in total. The van der Waals surface area contributed by atoms with Gasteiger partial charge in [0.05, 0.1) is 0 Å². The molecule has 0 aliphatic heterocycles. The van der Waals surface area contributed by atoms with Gasteiger partial charge in [-0.25, -0.2) is 4.79 Å². The highest BCUT2D eigenvalue weighted by Crippen LogP contribution is 2.33. The van der Waals surface area contributed by atoms with Crippen LogP contribution < -0.4 is 5.32 Å². The molecule has 3 rings (SSSR count). The van der Waals surface area contributed by atoms with E-state index >= 15 is 0 Å². The molecule has 2 aliphatic carbocycles. The molecular formula is C19H23NO4. The maximum Gasteiger partial charge on any atom is 0.326 e. The lowest BCUT2D eigenvalue weighted by Gasteiger charge is -2.14. The van der Waals surface area contributed by atoms with Crippen molar-refractivity contribution in [2.24, 2.45) is 5.92 Å². The summed E-state index contributed by atoms with van der Waals surface area (Å²) in [6, 6.07) is 4.94. The number of aliphatic carboxylic acids is 1. The number of hydrogen-bond acceptors (Lipinski definition) is 3. The molecule has 24 heavy (non-hydrogen) atoms. The smallest absolute Gasteiger partial charge is 0.326 e. The third-order valence-electron chi connectivity index (χ3n) is 4.90. The molecule has 5 nitrogen and oxygen atoms in total. The predicted molar refractivity (Wildman–Crippen MR) is 88.9 cm³/mol. The first-order valence-corrected chi connectivity index (χ1v) is 8.70. The third kappa shape index (κ3) is 4.22. The molecule has 1 unspecified atom stereocenters. The minimum Gasteiger partial charge on any atom is -0.480 e.